The number of hydrogen-bond acceptors (Lipinski definition) is 4. The summed E-state index contributed by atoms with van der Waals surface area (Å²) in [6.45, 7) is 8.35. The van der Waals surface area contributed by atoms with Crippen LogP contribution in [0.25, 0.3) is 0 Å². The molecule has 1 amide bonds. The first-order valence-electron chi connectivity index (χ1n) is 8.96. The molecule has 1 aromatic carbocycles. The summed E-state index contributed by atoms with van der Waals surface area (Å²) < 4.78 is 5.83. The van der Waals surface area contributed by atoms with Crippen molar-refractivity contribution in [3.05, 3.63) is 65.9 Å². The van der Waals surface area contributed by atoms with Gasteiger partial charge < -0.3 is 9.64 Å². The number of carbonyl (C=O) groups is 1. The lowest BCUT2D eigenvalue weighted by atomic mass is 10.2. The number of amides is 1. The maximum atomic E-state index is 13.0. The average Bonchev–Trinajstić information content (AvgIpc) is 2.67. The Kier molecular flexibility index (Phi) is 6.02. The lowest BCUT2D eigenvalue weighted by Crippen LogP contribution is -2.48. The van der Waals surface area contributed by atoms with Crippen LogP contribution in [0, 0.1) is 0 Å². The lowest BCUT2D eigenvalue weighted by Gasteiger charge is -2.34. The Labute approximate surface area is 154 Å². The molecule has 1 aromatic heterocycles. The van der Waals surface area contributed by atoms with E-state index in [9.17, 15) is 4.79 Å². The first kappa shape index (κ1) is 18.1. The first-order valence-corrected chi connectivity index (χ1v) is 8.96. The summed E-state index contributed by atoms with van der Waals surface area (Å²) in [4.78, 5) is 21.5. The minimum atomic E-state index is -0.0223. The van der Waals surface area contributed by atoms with Gasteiger partial charge in [-0.2, -0.15) is 0 Å². The third-order valence-electron chi connectivity index (χ3n) is 4.38. The van der Waals surface area contributed by atoms with Gasteiger partial charge in [0.05, 0.1) is 0 Å². The number of ether oxygens (including phenoxy) is 1. The van der Waals surface area contributed by atoms with Gasteiger partial charge in [-0.25, -0.2) is 4.98 Å². The largest absolute Gasteiger partial charge is 0.438 e. The van der Waals surface area contributed by atoms with E-state index in [4.69, 9.17) is 4.74 Å². The van der Waals surface area contributed by atoms with Crippen LogP contribution in [0.15, 0.2) is 60.3 Å². The zero-order valence-corrected chi connectivity index (χ0v) is 15.4. The van der Waals surface area contributed by atoms with E-state index < -0.39 is 0 Å². The second-order valence-corrected chi connectivity index (χ2v) is 6.65. The Morgan fingerprint density at radius 3 is 2.50 bits per heavy atom. The fourth-order valence-corrected chi connectivity index (χ4v) is 2.85. The second-order valence-electron chi connectivity index (χ2n) is 6.65. The fourth-order valence-electron chi connectivity index (χ4n) is 2.85. The summed E-state index contributed by atoms with van der Waals surface area (Å²) in [5.74, 6) is 1.01. The number of aromatic nitrogens is 1. The molecule has 136 valence electrons. The Bertz CT molecular complexity index is 762. The number of nitrogens with zero attached hydrogens (tertiary/aromatic N) is 3. The average molecular weight is 351 g/mol. The number of piperazine rings is 1. The molecule has 0 radical (unpaired) electrons. The SMILES string of the molecule is CC(C)=CCN1CCN(C(=O)c2cccnc2Oc2ccccc2)CC1. The molecule has 5 nitrogen and oxygen atoms in total. The van der Waals surface area contributed by atoms with E-state index in [1.54, 1.807) is 18.3 Å². The van der Waals surface area contributed by atoms with Crippen molar-refractivity contribution < 1.29 is 9.53 Å². The third-order valence-corrected chi connectivity index (χ3v) is 4.38. The van der Waals surface area contributed by atoms with Gasteiger partial charge in [0.1, 0.15) is 11.3 Å². The van der Waals surface area contributed by atoms with Crippen molar-refractivity contribution in [2.24, 2.45) is 0 Å². The second kappa shape index (κ2) is 8.63. The van der Waals surface area contributed by atoms with Crippen LogP contribution < -0.4 is 4.74 Å². The van der Waals surface area contributed by atoms with Gasteiger partial charge in [-0.05, 0) is 38.1 Å². The molecule has 0 N–H and O–H groups in total. The molecule has 0 atom stereocenters. The van der Waals surface area contributed by atoms with Crippen LogP contribution in [0.5, 0.6) is 11.6 Å². The predicted molar refractivity (Wildman–Crippen MR) is 103 cm³/mol. The Morgan fingerprint density at radius 2 is 1.81 bits per heavy atom. The van der Waals surface area contributed by atoms with E-state index in [0.29, 0.717) is 17.2 Å². The van der Waals surface area contributed by atoms with E-state index in [1.165, 1.54) is 5.57 Å². The molecule has 1 fully saturated rings. The van der Waals surface area contributed by atoms with Crippen LogP contribution in [0.3, 0.4) is 0 Å². The van der Waals surface area contributed by atoms with Gasteiger partial charge >= 0.3 is 0 Å². The van der Waals surface area contributed by atoms with Crippen molar-refractivity contribution in [2.75, 3.05) is 32.7 Å². The van der Waals surface area contributed by atoms with Crippen molar-refractivity contribution in [3.63, 3.8) is 0 Å². The summed E-state index contributed by atoms with van der Waals surface area (Å²) in [5.41, 5.74) is 1.83. The van der Waals surface area contributed by atoms with E-state index in [0.717, 1.165) is 32.7 Å². The molecule has 1 aliphatic rings. The summed E-state index contributed by atoms with van der Waals surface area (Å²) >= 11 is 0. The van der Waals surface area contributed by atoms with E-state index in [-0.39, 0.29) is 5.91 Å². The standard InChI is InChI=1S/C21H25N3O2/c1-17(2)10-12-23-13-15-24(16-14-23)21(25)19-9-6-11-22-20(19)26-18-7-4-3-5-8-18/h3-11H,12-16H2,1-2H3. The number of carbonyl (C=O) groups excluding carboxylic acids is 1. The first-order chi connectivity index (χ1) is 12.6. The van der Waals surface area contributed by atoms with Gasteiger partial charge in [-0.3, -0.25) is 9.69 Å². The molecule has 1 aliphatic heterocycles. The van der Waals surface area contributed by atoms with Crippen molar-refractivity contribution in [2.45, 2.75) is 13.8 Å². The molecule has 0 bridgehead atoms. The Hall–Kier alpha value is -2.66. The summed E-state index contributed by atoms with van der Waals surface area (Å²) in [7, 11) is 0. The topological polar surface area (TPSA) is 45.7 Å². The zero-order chi connectivity index (χ0) is 18.4. The van der Waals surface area contributed by atoms with Crippen LogP contribution >= 0.6 is 0 Å². The van der Waals surface area contributed by atoms with Crippen LogP contribution in [0.2, 0.25) is 0 Å². The fraction of sp³-hybridized carbons (Fsp3) is 0.333. The number of hydrogen-bond donors (Lipinski definition) is 0. The number of pyridine rings is 1. The molecule has 0 spiro atoms. The van der Waals surface area contributed by atoms with Crippen molar-refractivity contribution in [1.29, 1.82) is 0 Å². The molecule has 5 heteroatoms. The highest BCUT2D eigenvalue weighted by Gasteiger charge is 2.24. The quantitative estimate of drug-likeness (QED) is 0.772. The summed E-state index contributed by atoms with van der Waals surface area (Å²) in [6.07, 6.45) is 3.87. The molecule has 0 unspecified atom stereocenters. The van der Waals surface area contributed by atoms with Gasteiger partial charge in [0.25, 0.3) is 5.91 Å². The monoisotopic (exact) mass is 351 g/mol. The molecule has 2 heterocycles. The maximum absolute atomic E-state index is 13.0. The number of para-hydroxylation sites is 1. The Balaban J connectivity index is 1.66. The predicted octanol–water partition coefficient (Wildman–Crippen LogP) is 3.60. The van der Waals surface area contributed by atoms with Crippen LogP contribution in [-0.2, 0) is 0 Å². The van der Waals surface area contributed by atoms with Crippen molar-refractivity contribution in [1.82, 2.24) is 14.8 Å². The third kappa shape index (κ3) is 4.70. The zero-order valence-electron chi connectivity index (χ0n) is 15.4. The number of allylic oxidation sites excluding steroid dienone is 1. The summed E-state index contributed by atoms with van der Waals surface area (Å²) in [5, 5.41) is 0. The number of rotatable bonds is 5. The van der Waals surface area contributed by atoms with Crippen LogP contribution in [0.1, 0.15) is 24.2 Å². The van der Waals surface area contributed by atoms with Gasteiger partial charge in [0, 0.05) is 38.9 Å². The van der Waals surface area contributed by atoms with Crippen molar-refractivity contribution in [3.8, 4) is 11.6 Å². The van der Waals surface area contributed by atoms with Crippen molar-refractivity contribution >= 4 is 5.91 Å². The minimum absolute atomic E-state index is 0.0223. The maximum Gasteiger partial charge on any atom is 0.259 e. The molecule has 26 heavy (non-hydrogen) atoms. The smallest absolute Gasteiger partial charge is 0.259 e. The highest BCUT2D eigenvalue weighted by molar-refractivity contribution is 5.96. The van der Waals surface area contributed by atoms with Gasteiger partial charge in [0.2, 0.25) is 5.88 Å². The molecule has 1 saturated heterocycles. The van der Waals surface area contributed by atoms with Gasteiger partial charge in [-0.15, -0.1) is 0 Å². The molecular formula is C21H25N3O2. The van der Waals surface area contributed by atoms with E-state index in [1.807, 2.05) is 35.2 Å². The number of benzene rings is 1. The molecular weight excluding hydrogens is 326 g/mol. The van der Waals surface area contributed by atoms with E-state index >= 15 is 0 Å². The van der Waals surface area contributed by atoms with E-state index in [2.05, 4.69) is 29.8 Å². The van der Waals surface area contributed by atoms with Gasteiger partial charge in [-0.1, -0.05) is 29.8 Å². The molecule has 3 rings (SSSR count). The van der Waals surface area contributed by atoms with Gasteiger partial charge in [0.15, 0.2) is 0 Å². The normalized spacial score (nSPS) is 14.8. The van der Waals surface area contributed by atoms with Crippen LogP contribution in [0.4, 0.5) is 0 Å². The van der Waals surface area contributed by atoms with Crippen LogP contribution in [-0.4, -0.2) is 53.4 Å². The summed E-state index contributed by atoms with van der Waals surface area (Å²) in [6, 6.07) is 13.0. The minimum Gasteiger partial charge on any atom is -0.438 e. The molecule has 0 saturated carbocycles. The molecule has 2 aromatic rings. The highest BCUT2D eigenvalue weighted by Crippen LogP contribution is 2.24. The molecule has 0 aliphatic carbocycles. The lowest BCUT2D eigenvalue weighted by molar-refractivity contribution is 0.0646. The Morgan fingerprint density at radius 1 is 1.08 bits per heavy atom. The highest BCUT2D eigenvalue weighted by atomic mass is 16.5.